The van der Waals surface area contributed by atoms with Crippen molar-refractivity contribution in [1.29, 1.82) is 0 Å². The quantitative estimate of drug-likeness (QED) is 0.787. The summed E-state index contributed by atoms with van der Waals surface area (Å²) in [6, 6.07) is 7.97. The lowest BCUT2D eigenvalue weighted by Crippen LogP contribution is -2.37. The number of aryl methyl sites for hydroxylation is 1. The van der Waals surface area contributed by atoms with Crippen LogP contribution in [0.25, 0.3) is 11.3 Å². The van der Waals surface area contributed by atoms with Gasteiger partial charge >= 0.3 is 0 Å². The first kappa shape index (κ1) is 19.3. The first-order valence-electron chi connectivity index (χ1n) is 9.59. The number of aromatic nitrogens is 2. The molecule has 0 radical (unpaired) electrons. The topological polar surface area (TPSA) is 64.0 Å². The van der Waals surface area contributed by atoms with Crippen LogP contribution in [0.2, 0.25) is 0 Å². The van der Waals surface area contributed by atoms with Crippen LogP contribution in [0.4, 0.5) is 0 Å². The Bertz CT molecular complexity index is 857. The van der Waals surface area contributed by atoms with Gasteiger partial charge in [0.2, 0.25) is 5.91 Å². The van der Waals surface area contributed by atoms with Crippen molar-refractivity contribution in [2.75, 3.05) is 7.05 Å². The minimum Gasteiger partial charge on any atom is -0.359 e. The molecule has 0 aliphatic heterocycles. The molecule has 5 heteroatoms. The number of benzene rings is 1. The summed E-state index contributed by atoms with van der Waals surface area (Å²) < 4.78 is 1.85. The standard InChI is InChI=1S/C22H29N3O2/c1-22(2,3)18(21(27)23-4)13-20(26)15-8-9-16(14-6-7-14)17(12-15)19-10-11-24-25(19)5/h8-12,14,18H,6-7,13H2,1-5H3,(H,23,27)/t18-/m1/s1. The number of nitrogens with zero attached hydrogens (tertiary/aromatic N) is 2. The van der Waals surface area contributed by atoms with E-state index in [0.29, 0.717) is 11.5 Å². The van der Waals surface area contributed by atoms with Crippen LogP contribution in [-0.2, 0) is 11.8 Å². The third kappa shape index (κ3) is 4.12. The van der Waals surface area contributed by atoms with Crippen molar-refractivity contribution in [3.05, 3.63) is 41.6 Å². The second-order valence-electron chi connectivity index (χ2n) is 8.58. The fourth-order valence-corrected chi connectivity index (χ4v) is 3.61. The molecule has 1 saturated carbocycles. The first-order chi connectivity index (χ1) is 12.7. The molecule has 0 spiro atoms. The zero-order valence-corrected chi connectivity index (χ0v) is 16.9. The SMILES string of the molecule is CNC(=O)[C@@H](CC(=O)c1ccc(C2CC2)c(-c2ccnn2C)c1)C(C)(C)C. The largest absolute Gasteiger partial charge is 0.359 e. The summed E-state index contributed by atoms with van der Waals surface area (Å²) in [5, 5.41) is 6.98. The Balaban J connectivity index is 1.94. The predicted molar refractivity (Wildman–Crippen MR) is 107 cm³/mol. The van der Waals surface area contributed by atoms with E-state index in [0.717, 1.165) is 11.3 Å². The van der Waals surface area contributed by atoms with Crippen LogP contribution in [0.5, 0.6) is 0 Å². The van der Waals surface area contributed by atoms with Crippen molar-refractivity contribution in [2.45, 2.75) is 46.0 Å². The molecule has 0 bridgehead atoms. The lowest BCUT2D eigenvalue weighted by molar-refractivity contribution is -0.127. The van der Waals surface area contributed by atoms with Crippen molar-refractivity contribution in [3.8, 4) is 11.3 Å². The molecule has 0 saturated heterocycles. The third-order valence-electron chi connectivity index (χ3n) is 5.49. The van der Waals surface area contributed by atoms with Gasteiger partial charge in [-0.3, -0.25) is 14.3 Å². The van der Waals surface area contributed by atoms with E-state index in [2.05, 4.69) is 16.5 Å². The third-order valence-corrected chi connectivity index (χ3v) is 5.49. The maximum absolute atomic E-state index is 13.0. The summed E-state index contributed by atoms with van der Waals surface area (Å²) in [5.74, 6) is 0.132. The van der Waals surface area contributed by atoms with Crippen molar-refractivity contribution in [3.63, 3.8) is 0 Å². The van der Waals surface area contributed by atoms with Gasteiger partial charge in [-0.2, -0.15) is 5.10 Å². The lowest BCUT2D eigenvalue weighted by Gasteiger charge is -2.28. The van der Waals surface area contributed by atoms with Crippen LogP contribution in [0.15, 0.2) is 30.5 Å². The van der Waals surface area contributed by atoms with Crippen LogP contribution in [0.3, 0.4) is 0 Å². The van der Waals surface area contributed by atoms with E-state index < -0.39 is 0 Å². The van der Waals surface area contributed by atoms with Crippen molar-refractivity contribution in [2.24, 2.45) is 18.4 Å². The monoisotopic (exact) mass is 367 g/mol. The fraction of sp³-hybridized carbons (Fsp3) is 0.500. The second kappa shape index (κ2) is 7.29. The van der Waals surface area contributed by atoms with Crippen LogP contribution < -0.4 is 5.32 Å². The molecule has 1 heterocycles. The normalized spacial score (nSPS) is 15.4. The van der Waals surface area contributed by atoms with E-state index in [1.807, 2.05) is 50.7 Å². The molecule has 1 atom stereocenters. The van der Waals surface area contributed by atoms with Gasteiger partial charge in [0.05, 0.1) is 5.69 Å². The number of hydrogen-bond donors (Lipinski definition) is 1. The minimum absolute atomic E-state index is 0.00397. The van der Waals surface area contributed by atoms with Gasteiger partial charge in [-0.05, 0) is 41.9 Å². The Kier molecular flexibility index (Phi) is 5.22. The van der Waals surface area contributed by atoms with Gasteiger partial charge < -0.3 is 5.32 Å². The molecule has 27 heavy (non-hydrogen) atoms. The average Bonchev–Trinajstić information content (AvgIpc) is 3.38. The maximum Gasteiger partial charge on any atom is 0.223 e. The van der Waals surface area contributed by atoms with Crippen molar-refractivity contribution >= 4 is 11.7 Å². The number of hydrogen-bond acceptors (Lipinski definition) is 3. The predicted octanol–water partition coefficient (Wildman–Crippen LogP) is 3.95. The summed E-state index contributed by atoms with van der Waals surface area (Å²) in [6.07, 6.45) is 4.38. The maximum atomic E-state index is 13.0. The zero-order chi connectivity index (χ0) is 19.8. The molecule has 3 rings (SSSR count). The Morgan fingerprint density at radius 1 is 1.26 bits per heavy atom. The van der Waals surface area contributed by atoms with Gasteiger partial charge in [0.15, 0.2) is 5.78 Å². The van der Waals surface area contributed by atoms with E-state index in [1.54, 1.807) is 13.2 Å². The molecule has 1 fully saturated rings. The number of carbonyl (C=O) groups is 2. The fourth-order valence-electron chi connectivity index (χ4n) is 3.61. The van der Waals surface area contributed by atoms with E-state index >= 15 is 0 Å². The molecule has 1 aromatic heterocycles. The Hall–Kier alpha value is -2.43. The van der Waals surface area contributed by atoms with E-state index in [-0.39, 0.29) is 29.4 Å². The lowest BCUT2D eigenvalue weighted by atomic mass is 9.76. The molecule has 1 aliphatic rings. The molecule has 1 aliphatic carbocycles. The Morgan fingerprint density at radius 2 is 1.96 bits per heavy atom. The molecular weight excluding hydrogens is 338 g/mol. The summed E-state index contributed by atoms with van der Waals surface area (Å²) >= 11 is 0. The molecule has 144 valence electrons. The highest BCUT2D eigenvalue weighted by Gasteiger charge is 2.33. The molecule has 1 aromatic carbocycles. The van der Waals surface area contributed by atoms with Gasteiger partial charge in [0.1, 0.15) is 0 Å². The molecule has 1 N–H and O–H groups in total. The van der Waals surface area contributed by atoms with Gasteiger partial charge in [-0.25, -0.2) is 0 Å². The Morgan fingerprint density at radius 3 is 2.48 bits per heavy atom. The molecule has 1 amide bonds. The van der Waals surface area contributed by atoms with Crippen LogP contribution in [0.1, 0.15) is 61.9 Å². The number of amides is 1. The van der Waals surface area contributed by atoms with Gasteiger partial charge in [0.25, 0.3) is 0 Å². The van der Waals surface area contributed by atoms with E-state index in [1.165, 1.54) is 18.4 Å². The summed E-state index contributed by atoms with van der Waals surface area (Å²) in [6.45, 7) is 5.99. The number of ketones is 1. The number of nitrogens with one attached hydrogen (secondary N) is 1. The molecule has 2 aromatic rings. The summed E-state index contributed by atoms with van der Waals surface area (Å²) in [7, 11) is 3.54. The number of carbonyl (C=O) groups excluding carboxylic acids is 2. The molecule has 5 nitrogen and oxygen atoms in total. The summed E-state index contributed by atoms with van der Waals surface area (Å²) in [4.78, 5) is 25.3. The summed E-state index contributed by atoms with van der Waals surface area (Å²) in [5.41, 5.74) is 3.76. The molecule has 0 unspecified atom stereocenters. The van der Waals surface area contributed by atoms with Gasteiger partial charge in [-0.1, -0.05) is 32.9 Å². The second-order valence-corrected chi connectivity index (χ2v) is 8.58. The first-order valence-corrected chi connectivity index (χ1v) is 9.59. The highest BCUT2D eigenvalue weighted by atomic mass is 16.2. The van der Waals surface area contributed by atoms with Crippen LogP contribution >= 0.6 is 0 Å². The number of rotatable bonds is 6. The van der Waals surface area contributed by atoms with Crippen LogP contribution in [0, 0.1) is 11.3 Å². The zero-order valence-electron chi connectivity index (χ0n) is 16.9. The van der Waals surface area contributed by atoms with Gasteiger partial charge in [0, 0.05) is 43.8 Å². The van der Waals surface area contributed by atoms with E-state index in [4.69, 9.17) is 0 Å². The smallest absolute Gasteiger partial charge is 0.223 e. The average molecular weight is 367 g/mol. The van der Waals surface area contributed by atoms with E-state index in [9.17, 15) is 9.59 Å². The van der Waals surface area contributed by atoms with Gasteiger partial charge in [-0.15, -0.1) is 0 Å². The molecular formula is C22H29N3O2. The number of Topliss-reactive ketones (excluding diaryl/α,β-unsaturated/α-hetero) is 1. The van der Waals surface area contributed by atoms with Crippen molar-refractivity contribution < 1.29 is 9.59 Å². The Labute approximate surface area is 161 Å². The highest BCUT2D eigenvalue weighted by Crippen LogP contribution is 2.44. The minimum atomic E-state index is -0.363. The van der Waals surface area contributed by atoms with Crippen LogP contribution in [-0.4, -0.2) is 28.5 Å². The highest BCUT2D eigenvalue weighted by molar-refractivity contribution is 6.00. The van der Waals surface area contributed by atoms with Crippen molar-refractivity contribution in [1.82, 2.24) is 15.1 Å².